The highest BCUT2D eigenvalue weighted by atomic mass is 35.5. The first-order valence-corrected chi connectivity index (χ1v) is 7.83. The second kappa shape index (κ2) is 7.79. The molecule has 0 bridgehead atoms. The molecule has 0 saturated carbocycles. The normalized spacial score (nSPS) is 10.5. The van der Waals surface area contributed by atoms with Crippen LogP contribution in [-0.4, -0.2) is 6.61 Å². The highest BCUT2D eigenvalue weighted by Gasteiger charge is 2.06. The van der Waals surface area contributed by atoms with Gasteiger partial charge in [-0.05, 0) is 42.3 Å². The molecule has 1 N–H and O–H groups in total. The molecule has 0 radical (unpaired) electrons. The van der Waals surface area contributed by atoms with Crippen LogP contribution in [0.25, 0.3) is 0 Å². The van der Waals surface area contributed by atoms with Gasteiger partial charge in [-0.2, -0.15) is 0 Å². The molecule has 0 aliphatic rings. The van der Waals surface area contributed by atoms with Crippen LogP contribution in [-0.2, 0) is 6.54 Å². The van der Waals surface area contributed by atoms with Gasteiger partial charge in [0, 0.05) is 11.6 Å². The van der Waals surface area contributed by atoms with E-state index < -0.39 is 0 Å². The molecule has 0 amide bonds. The minimum atomic E-state index is 0.546. The molecular weight excluding hydrogens is 329 g/mol. The van der Waals surface area contributed by atoms with Crippen molar-refractivity contribution in [3.63, 3.8) is 0 Å². The summed E-state index contributed by atoms with van der Waals surface area (Å²) in [5.74, 6) is 0.793. The number of nitrogens with one attached hydrogen (secondary N) is 1. The van der Waals surface area contributed by atoms with Gasteiger partial charge in [-0.3, -0.25) is 0 Å². The third-order valence-corrected chi connectivity index (χ3v) is 3.84. The fraction of sp³-hybridized carbons (Fsp3) is 0.250. The Morgan fingerprint density at radius 3 is 2.52 bits per heavy atom. The number of hydrogen-bond donors (Lipinski definition) is 1. The molecular formula is C16H16Cl3NO. The van der Waals surface area contributed by atoms with E-state index in [0.717, 1.165) is 23.4 Å². The Kier molecular flexibility index (Phi) is 6.04. The van der Waals surface area contributed by atoms with Crippen molar-refractivity contribution < 1.29 is 4.74 Å². The molecule has 0 aromatic heterocycles. The zero-order chi connectivity index (χ0) is 15.2. The molecule has 0 aliphatic heterocycles. The summed E-state index contributed by atoms with van der Waals surface area (Å²) >= 11 is 18.0. The molecule has 0 unspecified atom stereocenters. The van der Waals surface area contributed by atoms with Crippen LogP contribution >= 0.6 is 34.8 Å². The Morgan fingerprint density at radius 2 is 1.81 bits per heavy atom. The minimum Gasteiger partial charge on any atom is -0.491 e. The maximum absolute atomic E-state index is 6.04. The number of halogens is 3. The molecule has 0 saturated heterocycles. The van der Waals surface area contributed by atoms with Crippen molar-refractivity contribution in [2.75, 3.05) is 11.9 Å². The van der Waals surface area contributed by atoms with Crippen molar-refractivity contribution >= 4 is 40.5 Å². The van der Waals surface area contributed by atoms with E-state index >= 15 is 0 Å². The van der Waals surface area contributed by atoms with Gasteiger partial charge < -0.3 is 10.1 Å². The van der Waals surface area contributed by atoms with Crippen LogP contribution in [0.1, 0.15) is 18.9 Å². The molecule has 2 aromatic rings. The monoisotopic (exact) mass is 343 g/mol. The third-order valence-electron chi connectivity index (χ3n) is 2.87. The van der Waals surface area contributed by atoms with E-state index in [4.69, 9.17) is 39.5 Å². The van der Waals surface area contributed by atoms with Gasteiger partial charge in [0.05, 0.1) is 22.3 Å². The molecule has 21 heavy (non-hydrogen) atoms. The van der Waals surface area contributed by atoms with Crippen LogP contribution in [0, 0.1) is 0 Å². The summed E-state index contributed by atoms with van der Waals surface area (Å²) in [6.45, 7) is 3.35. The van der Waals surface area contributed by atoms with Gasteiger partial charge in [-0.1, -0.05) is 47.8 Å². The molecule has 0 fully saturated rings. The molecule has 0 spiro atoms. The summed E-state index contributed by atoms with van der Waals surface area (Å²) in [6, 6.07) is 11.1. The number of ether oxygens (including phenoxy) is 1. The lowest BCUT2D eigenvalue weighted by molar-refractivity contribution is 0.319. The molecule has 0 heterocycles. The van der Waals surface area contributed by atoms with Gasteiger partial charge in [0.15, 0.2) is 0 Å². The Labute approximate surface area is 140 Å². The van der Waals surface area contributed by atoms with Gasteiger partial charge in [0.1, 0.15) is 5.75 Å². The Balaban J connectivity index is 2.10. The lowest BCUT2D eigenvalue weighted by atomic mass is 10.2. The first kappa shape index (κ1) is 16.3. The van der Waals surface area contributed by atoms with Crippen molar-refractivity contribution in [2.24, 2.45) is 0 Å². The molecule has 2 nitrogen and oxygen atoms in total. The molecule has 2 aromatic carbocycles. The van der Waals surface area contributed by atoms with Crippen LogP contribution < -0.4 is 10.1 Å². The van der Waals surface area contributed by atoms with E-state index in [2.05, 4.69) is 12.2 Å². The Bertz CT molecular complexity index is 616. The average Bonchev–Trinajstić information content (AvgIpc) is 2.47. The van der Waals surface area contributed by atoms with Gasteiger partial charge in [0.25, 0.3) is 0 Å². The highest BCUT2D eigenvalue weighted by molar-refractivity contribution is 6.42. The van der Waals surface area contributed by atoms with E-state index in [1.807, 2.05) is 30.3 Å². The number of anilines is 1. The second-order valence-electron chi connectivity index (χ2n) is 4.59. The fourth-order valence-corrected chi connectivity index (χ4v) is 2.32. The van der Waals surface area contributed by atoms with E-state index in [0.29, 0.717) is 28.2 Å². The van der Waals surface area contributed by atoms with Crippen LogP contribution in [0.2, 0.25) is 15.1 Å². The second-order valence-corrected chi connectivity index (χ2v) is 5.84. The van der Waals surface area contributed by atoms with Crippen LogP contribution in [0.4, 0.5) is 5.69 Å². The molecule has 0 atom stereocenters. The van der Waals surface area contributed by atoms with Crippen LogP contribution in [0.15, 0.2) is 36.4 Å². The van der Waals surface area contributed by atoms with Gasteiger partial charge in [0.2, 0.25) is 0 Å². The summed E-state index contributed by atoms with van der Waals surface area (Å²) in [4.78, 5) is 0. The summed E-state index contributed by atoms with van der Waals surface area (Å²) in [5.41, 5.74) is 1.90. The summed E-state index contributed by atoms with van der Waals surface area (Å²) in [5, 5.41) is 5.07. The smallest absolute Gasteiger partial charge is 0.142 e. The first-order valence-electron chi connectivity index (χ1n) is 6.70. The zero-order valence-corrected chi connectivity index (χ0v) is 13.9. The third kappa shape index (κ3) is 4.70. The predicted octanol–water partition coefficient (Wildman–Crippen LogP) is 6.05. The van der Waals surface area contributed by atoms with Crippen molar-refractivity contribution in [3.05, 3.63) is 57.0 Å². The van der Waals surface area contributed by atoms with Crippen molar-refractivity contribution in [3.8, 4) is 5.75 Å². The Hall–Kier alpha value is -1.09. The molecule has 112 valence electrons. The minimum absolute atomic E-state index is 0.546. The Morgan fingerprint density at radius 1 is 1.00 bits per heavy atom. The van der Waals surface area contributed by atoms with Crippen molar-refractivity contribution in [1.82, 2.24) is 0 Å². The lowest BCUT2D eigenvalue weighted by Crippen LogP contribution is -2.03. The summed E-state index contributed by atoms with van der Waals surface area (Å²) in [7, 11) is 0. The topological polar surface area (TPSA) is 21.3 Å². The van der Waals surface area contributed by atoms with E-state index in [9.17, 15) is 0 Å². The number of benzene rings is 2. The first-order chi connectivity index (χ1) is 10.1. The van der Waals surface area contributed by atoms with E-state index in [1.54, 1.807) is 6.07 Å². The molecule has 0 aliphatic carbocycles. The van der Waals surface area contributed by atoms with E-state index in [-0.39, 0.29) is 0 Å². The quantitative estimate of drug-likeness (QED) is 0.689. The van der Waals surface area contributed by atoms with E-state index in [1.165, 1.54) is 0 Å². The van der Waals surface area contributed by atoms with Crippen LogP contribution in [0.5, 0.6) is 5.75 Å². The summed E-state index contributed by atoms with van der Waals surface area (Å²) < 4.78 is 5.70. The molecule has 2 rings (SSSR count). The van der Waals surface area contributed by atoms with Crippen molar-refractivity contribution in [1.29, 1.82) is 0 Å². The lowest BCUT2D eigenvalue weighted by Gasteiger charge is -2.13. The maximum atomic E-state index is 6.04. The standard InChI is InChI=1S/C16H16Cl3NO/c1-2-7-21-16-6-4-12(17)9-15(16)20-10-11-3-5-13(18)14(19)8-11/h3-6,8-9,20H,2,7,10H2,1H3. The van der Waals surface area contributed by atoms with Crippen LogP contribution in [0.3, 0.4) is 0 Å². The largest absolute Gasteiger partial charge is 0.491 e. The maximum Gasteiger partial charge on any atom is 0.142 e. The average molecular weight is 345 g/mol. The molecule has 5 heteroatoms. The van der Waals surface area contributed by atoms with Crippen molar-refractivity contribution in [2.45, 2.75) is 19.9 Å². The fourth-order valence-electron chi connectivity index (χ4n) is 1.83. The SMILES string of the molecule is CCCOc1ccc(Cl)cc1NCc1ccc(Cl)c(Cl)c1. The summed E-state index contributed by atoms with van der Waals surface area (Å²) in [6.07, 6.45) is 0.953. The highest BCUT2D eigenvalue weighted by Crippen LogP contribution is 2.29. The van der Waals surface area contributed by atoms with Gasteiger partial charge in [-0.15, -0.1) is 0 Å². The van der Waals surface area contributed by atoms with Gasteiger partial charge in [-0.25, -0.2) is 0 Å². The van der Waals surface area contributed by atoms with Gasteiger partial charge >= 0.3 is 0 Å². The number of rotatable bonds is 6. The number of hydrogen-bond acceptors (Lipinski definition) is 2. The predicted molar refractivity (Wildman–Crippen MR) is 91.0 cm³/mol. The zero-order valence-electron chi connectivity index (χ0n) is 11.6.